The molecule has 0 aliphatic carbocycles. The molecule has 0 spiro atoms. The monoisotopic (exact) mass is 388 g/mol. The zero-order valence-electron chi connectivity index (χ0n) is 15.7. The SMILES string of the molecule is CCc1cc(=O)oc2nc(OCCOc3c(OC)cccc3OC)[nH]c(=O)c12. The van der Waals surface area contributed by atoms with Crippen LogP contribution in [0.3, 0.4) is 0 Å². The lowest BCUT2D eigenvalue weighted by atomic mass is 10.1. The van der Waals surface area contributed by atoms with Crippen LogP contribution in [0.1, 0.15) is 12.5 Å². The smallest absolute Gasteiger partial charge is 0.337 e. The Morgan fingerprint density at radius 1 is 1.07 bits per heavy atom. The number of hydrogen-bond acceptors (Lipinski definition) is 8. The molecular formula is C19H20N2O7. The van der Waals surface area contributed by atoms with Crippen LogP contribution in [-0.2, 0) is 6.42 Å². The molecule has 0 unspecified atom stereocenters. The number of fused-ring (bicyclic) bond motifs is 1. The number of nitrogens with one attached hydrogen (secondary N) is 1. The minimum absolute atomic E-state index is 0.0598. The number of H-pyrrole nitrogens is 1. The molecule has 9 heteroatoms. The van der Waals surface area contributed by atoms with Crippen LogP contribution in [0.15, 0.2) is 38.3 Å². The van der Waals surface area contributed by atoms with Crippen molar-refractivity contribution in [1.82, 2.24) is 9.97 Å². The highest BCUT2D eigenvalue weighted by Crippen LogP contribution is 2.36. The minimum Gasteiger partial charge on any atom is -0.493 e. The average Bonchev–Trinajstić information content (AvgIpc) is 2.69. The molecule has 1 N–H and O–H groups in total. The number of hydrogen-bond donors (Lipinski definition) is 1. The molecule has 0 aliphatic rings. The van der Waals surface area contributed by atoms with Gasteiger partial charge in [0.25, 0.3) is 11.6 Å². The van der Waals surface area contributed by atoms with Gasteiger partial charge in [0.05, 0.1) is 14.2 Å². The number of rotatable bonds is 8. The molecule has 0 aliphatic heterocycles. The Morgan fingerprint density at radius 2 is 1.75 bits per heavy atom. The summed E-state index contributed by atoms with van der Waals surface area (Å²) in [6.07, 6.45) is 0.502. The van der Waals surface area contributed by atoms with Crippen LogP contribution < -0.4 is 30.1 Å². The molecule has 0 radical (unpaired) electrons. The fraction of sp³-hybridized carbons (Fsp3) is 0.316. The zero-order valence-corrected chi connectivity index (χ0v) is 15.7. The predicted molar refractivity (Wildman–Crippen MR) is 101 cm³/mol. The normalized spacial score (nSPS) is 10.7. The summed E-state index contributed by atoms with van der Waals surface area (Å²) in [6, 6.07) is 6.49. The molecule has 0 amide bonds. The van der Waals surface area contributed by atoms with E-state index in [1.807, 2.05) is 6.92 Å². The summed E-state index contributed by atoms with van der Waals surface area (Å²) in [6.45, 7) is 2.05. The quantitative estimate of drug-likeness (QED) is 0.582. The molecule has 0 atom stereocenters. The second kappa shape index (κ2) is 8.47. The lowest BCUT2D eigenvalue weighted by molar-refractivity contribution is 0.195. The van der Waals surface area contributed by atoms with Gasteiger partial charge in [-0.05, 0) is 24.1 Å². The maximum atomic E-state index is 12.3. The van der Waals surface area contributed by atoms with Crippen LogP contribution in [0, 0.1) is 0 Å². The number of aromatic amines is 1. The average molecular weight is 388 g/mol. The number of para-hydroxylation sites is 1. The lowest BCUT2D eigenvalue weighted by Gasteiger charge is -2.14. The molecule has 28 heavy (non-hydrogen) atoms. The largest absolute Gasteiger partial charge is 0.493 e. The van der Waals surface area contributed by atoms with Gasteiger partial charge in [0, 0.05) is 6.07 Å². The molecule has 9 nitrogen and oxygen atoms in total. The third-order valence-electron chi connectivity index (χ3n) is 4.01. The second-order valence-electron chi connectivity index (χ2n) is 5.68. The third-order valence-corrected chi connectivity index (χ3v) is 4.01. The first-order valence-corrected chi connectivity index (χ1v) is 8.61. The topological polar surface area (TPSA) is 113 Å². The maximum absolute atomic E-state index is 12.3. The summed E-state index contributed by atoms with van der Waals surface area (Å²) in [5, 5.41) is 0.240. The standard InChI is InChI=1S/C19H20N2O7/c1-4-11-10-14(22)28-18-15(11)17(23)20-19(21-18)27-9-8-26-16-12(24-2)6-5-7-13(16)25-3/h5-7,10H,4,8-9H2,1-3H3,(H,20,21,23). The van der Waals surface area contributed by atoms with Crippen molar-refractivity contribution in [2.75, 3.05) is 27.4 Å². The van der Waals surface area contributed by atoms with Crippen molar-refractivity contribution in [3.05, 3.63) is 50.6 Å². The highest BCUT2D eigenvalue weighted by atomic mass is 16.6. The molecule has 0 fully saturated rings. The summed E-state index contributed by atoms with van der Waals surface area (Å²) in [4.78, 5) is 30.5. The molecule has 1 aromatic carbocycles. The van der Waals surface area contributed by atoms with Gasteiger partial charge in [-0.25, -0.2) is 4.79 Å². The van der Waals surface area contributed by atoms with Gasteiger partial charge in [0.15, 0.2) is 11.5 Å². The molecule has 2 aromatic heterocycles. The first kappa shape index (κ1) is 19.3. The van der Waals surface area contributed by atoms with E-state index in [1.165, 1.54) is 20.3 Å². The zero-order chi connectivity index (χ0) is 20.1. The second-order valence-corrected chi connectivity index (χ2v) is 5.68. The number of aryl methyl sites for hydroxylation is 1. The van der Waals surface area contributed by atoms with Crippen molar-refractivity contribution in [1.29, 1.82) is 0 Å². The maximum Gasteiger partial charge on any atom is 0.337 e. The van der Waals surface area contributed by atoms with Gasteiger partial charge in [0.2, 0.25) is 11.5 Å². The number of benzene rings is 1. The van der Waals surface area contributed by atoms with Gasteiger partial charge in [-0.1, -0.05) is 13.0 Å². The van der Waals surface area contributed by atoms with Gasteiger partial charge in [-0.3, -0.25) is 9.78 Å². The predicted octanol–water partition coefficient (Wildman–Crippen LogP) is 1.91. The lowest BCUT2D eigenvalue weighted by Crippen LogP contribution is -2.17. The molecule has 0 saturated heterocycles. The van der Waals surface area contributed by atoms with Crippen LogP contribution in [0.4, 0.5) is 0 Å². The Labute approximate surface area is 159 Å². The van der Waals surface area contributed by atoms with E-state index in [2.05, 4.69) is 9.97 Å². The first-order valence-electron chi connectivity index (χ1n) is 8.61. The molecule has 2 heterocycles. The van der Waals surface area contributed by atoms with E-state index < -0.39 is 11.2 Å². The summed E-state index contributed by atoms with van der Waals surface area (Å²) in [7, 11) is 3.06. The number of ether oxygens (including phenoxy) is 4. The summed E-state index contributed by atoms with van der Waals surface area (Å²) in [5.74, 6) is 1.48. The highest BCUT2D eigenvalue weighted by Gasteiger charge is 2.13. The molecule has 3 rings (SSSR count). The van der Waals surface area contributed by atoms with Crippen molar-refractivity contribution in [3.8, 4) is 23.3 Å². The van der Waals surface area contributed by atoms with Gasteiger partial charge >= 0.3 is 5.63 Å². The van der Waals surface area contributed by atoms with Gasteiger partial charge in [0.1, 0.15) is 18.6 Å². The fourth-order valence-corrected chi connectivity index (χ4v) is 2.72. The molecular weight excluding hydrogens is 368 g/mol. The Hall–Kier alpha value is -3.49. The Kier molecular flexibility index (Phi) is 5.83. The van der Waals surface area contributed by atoms with E-state index in [1.54, 1.807) is 18.2 Å². The van der Waals surface area contributed by atoms with Crippen molar-refractivity contribution in [3.63, 3.8) is 0 Å². The van der Waals surface area contributed by atoms with Crippen molar-refractivity contribution < 1.29 is 23.4 Å². The van der Waals surface area contributed by atoms with Gasteiger partial charge in [-0.15, -0.1) is 0 Å². The third kappa shape index (κ3) is 3.93. The number of methoxy groups -OCH3 is 2. The molecule has 0 saturated carbocycles. The minimum atomic E-state index is -0.569. The summed E-state index contributed by atoms with van der Waals surface area (Å²) in [5.41, 5.74) is -0.499. The van der Waals surface area contributed by atoms with Crippen molar-refractivity contribution >= 4 is 11.1 Å². The van der Waals surface area contributed by atoms with Crippen LogP contribution in [-0.4, -0.2) is 37.4 Å². The Balaban J connectivity index is 1.73. The van der Waals surface area contributed by atoms with E-state index in [9.17, 15) is 9.59 Å². The fourth-order valence-electron chi connectivity index (χ4n) is 2.72. The van der Waals surface area contributed by atoms with E-state index >= 15 is 0 Å². The van der Waals surface area contributed by atoms with Crippen LogP contribution >= 0.6 is 0 Å². The van der Waals surface area contributed by atoms with E-state index in [0.29, 0.717) is 29.2 Å². The summed E-state index contributed by atoms with van der Waals surface area (Å²) >= 11 is 0. The first-order chi connectivity index (χ1) is 13.6. The van der Waals surface area contributed by atoms with Crippen molar-refractivity contribution in [2.45, 2.75) is 13.3 Å². The number of aromatic nitrogens is 2. The molecule has 148 valence electrons. The van der Waals surface area contributed by atoms with Crippen molar-refractivity contribution in [2.24, 2.45) is 0 Å². The van der Waals surface area contributed by atoms with E-state index in [-0.39, 0.29) is 30.3 Å². The Bertz CT molecular complexity index is 1070. The van der Waals surface area contributed by atoms with Crippen LogP contribution in [0.5, 0.6) is 23.3 Å². The Morgan fingerprint density at radius 3 is 2.39 bits per heavy atom. The van der Waals surface area contributed by atoms with E-state index in [4.69, 9.17) is 23.4 Å². The van der Waals surface area contributed by atoms with E-state index in [0.717, 1.165) is 0 Å². The summed E-state index contributed by atoms with van der Waals surface area (Å²) < 4.78 is 26.7. The molecule has 0 bridgehead atoms. The van der Waals surface area contributed by atoms with Gasteiger partial charge in [-0.2, -0.15) is 4.98 Å². The van der Waals surface area contributed by atoms with Crippen LogP contribution in [0.25, 0.3) is 11.1 Å². The van der Waals surface area contributed by atoms with Gasteiger partial charge < -0.3 is 23.4 Å². The van der Waals surface area contributed by atoms with Crippen LogP contribution in [0.2, 0.25) is 0 Å². The number of nitrogens with zero attached hydrogens (tertiary/aromatic N) is 1. The highest BCUT2D eigenvalue weighted by molar-refractivity contribution is 5.75. The molecule has 3 aromatic rings.